The highest BCUT2D eigenvalue weighted by atomic mass is 32.1. The number of nitrogens with zero attached hydrogens (tertiary/aromatic N) is 4. The number of carbonyl (C=O) groups is 2. The first-order valence-corrected chi connectivity index (χ1v) is 10.6. The van der Waals surface area contributed by atoms with Crippen LogP contribution in [0.2, 0.25) is 0 Å². The molecule has 156 valence electrons. The van der Waals surface area contributed by atoms with E-state index in [-0.39, 0.29) is 23.3 Å². The van der Waals surface area contributed by atoms with Gasteiger partial charge in [-0.15, -0.1) is 11.3 Å². The minimum absolute atomic E-state index is 0.127. The van der Waals surface area contributed by atoms with Crippen LogP contribution in [0.25, 0.3) is 10.2 Å². The standard InChI is InChI=1S/C21H23N5O3S/c1-12-6-4-8-22-17(12)24-18(27)14-7-5-9-26(10-14)21(29)16-13(2)15-19(30-16)23-11-25(3)20(15)28/h4,6,8,11,14H,5,7,9-10H2,1-3H3,(H,22,24,27). The zero-order valence-electron chi connectivity index (χ0n) is 17.1. The summed E-state index contributed by atoms with van der Waals surface area (Å²) >= 11 is 1.24. The van der Waals surface area contributed by atoms with Crippen molar-refractivity contribution in [1.82, 2.24) is 19.4 Å². The Morgan fingerprint density at radius 1 is 1.27 bits per heavy atom. The number of thiophene rings is 1. The van der Waals surface area contributed by atoms with Gasteiger partial charge in [-0.1, -0.05) is 6.07 Å². The molecule has 4 heterocycles. The Morgan fingerprint density at radius 3 is 2.83 bits per heavy atom. The second-order valence-corrected chi connectivity index (χ2v) is 8.64. The van der Waals surface area contributed by atoms with E-state index >= 15 is 0 Å². The largest absolute Gasteiger partial charge is 0.337 e. The smallest absolute Gasteiger partial charge is 0.264 e. The van der Waals surface area contributed by atoms with Crippen molar-refractivity contribution in [2.75, 3.05) is 18.4 Å². The van der Waals surface area contributed by atoms with E-state index in [4.69, 9.17) is 0 Å². The molecule has 0 aromatic carbocycles. The number of fused-ring (bicyclic) bond motifs is 1. The fraction of sp³-hybridized carbons (Fsp3) is 0.381. The molecule has 1 atom stereocenters. The molecule has 0 bridgehead atoms. The molecule has 1 aliphatic rings. The number of rotatable bonds is 3. The molecule has 1 aliphatic heterocycles. The molecule has 30 heavy (non-hydrogen) atoms. The summed E-state index contributed by atoms with van der Waals surface area (Å²) in [5, 5.41) is 3.38. The molecule has 1 unspecified atom stereocenters. The number of amides is 2. The molecule has 1 N–H and O–H groups in total. The third-order valence-electron chi connectivity index (χ3n) is 5.54. The van der Waals surface area contributed by atoms with Crippen LogP contribution in [0.15, 0.2) is 29.5 Å². The van der Waals surface area contributed by atoms with Gasteiger partial charge in [0.2, 0.25) is 5.91 Å². The minimum Gasteiger partial charge on any atom is -0.337 e. The lowest BCUT2D eigenvalue weighted by Gasteiger charge is -2.32. The zero-order chi connectivity index (χ0) is 21.4. The van der Waals surface area contributed by atoms with E-state index in [0.717, 1.165) is 18.4 Å². The van der Waals surface area contributed by atoms with Gasteiger partial charge in [-0.3, -0.25) is 14.4 Å². The van der Waals surface area contributed by atoms with Crippen LogP contribution in [-0.2, 0) is 11.8 Å². The van der Waals surface area contributed by atoms with Crippen molar-refractivity contribution in [3.05, 3.63) is 51.0 Å². The van der Waals surface area contributed by atoms with Crippen molar-refractivity contribution in [3.63, 3.8) is 0 Å². The van der Waals surface area contributed by atoms with Crippen molar-refractivity contribution in [3.8, 4) is 0 Å². The lowest BCUT2D eigenvalue weighted by Crippen LogP contribution is -2.43. The number of hydrogen-bond acceptors (Lipinski definition) is 6. The van der Waals surface area contributed by atoms with Gasteiger partial charge in [0.1, 0.15) is 10.6 Å². The van der Waals surface area contributed by atoms with Crippen LogP contribution >= 0.6 is 11.3 Å². The van der Waals surface area contributed by atoms with Crippen LogP contribution in [0, 0.1) is 19.8 Å². The van der Waals surface area contributed by atoms with Gasteiger partial charge in [-0.2, -0.15) is 0 Å². The number of hydrogen-bond donors (Lipinski definition) is 1. The van der Waals surface area contributed by atoms with Crippen molar-refractivity contribution in [1.29, 1.82) is 0 Å². The molecule has 0 aliphatic carbocycles. The van der Waals surface area contributed by atoms with Crippen molar-refractivity contribution >= 4 is 39.2 Å². The number of aromatic nitrogens is 3. The molecular formula is C21H23N5O3S. The predicted octanol–water partition coefficient (Wildman–Crippen LogP) is 2.50. The Hall–Kier alpha value is -3.07. The van der Waals surface area contributed by atoms with E-state index in [9.17, 15) is 14.4 Å². The maximum atomic E-state index is 13.2. The monoisotopic (exact) mass is 425 g/mol. The first-order valence-electron chi connectivity index (χ1n) is 9.83. The zero-order valence-corrected chi connectivity index (χ0v) is 18.0. The number of carbonyl (C=O) groups excluding carboxylic acids is 2. The molecule has 0 radical (unpaired) electrons. The van der Waals surface area contributed by atoms with Crippen LogP contribution in [0.3, 0.4) is 0 Å². The average molecular weight is 426 g/mol. The normalized spacial score (nSPS) is 16.6. The summed E-state index contributed by atoms with van der Waals surface area (Å²) in [6.07, 6.45) is 4.57. The van der Waals surface area contributed by atoms with Crippen LogP contribution in [0.4, 0.5) is 5.82 Å². The van der Waals surface area contributed by atoms with Crippen molar-refractivity contribution in [2.24, 2.45) is 13.0 Å². The van der Waals surface area contributed by atoms with E-state index in [1.807, 2.05) is 19.1 Å². The van der Waals surface area contributed by atoms with Gasteiger partial charge < -0.3 is 14.8 Å². The van der Waals surface area contributed by atoms with E-state index in [1.165, 1.54) is 22.2 Å². The van der Waals surface area contributed by atoms with Gasteiger partial charge in [0.05, 0.1) is 22.5 Å². The van der Waals surface area contributed by atoms with Gasteiger partial charge in [-0.05, 0) is 43.9 Å². The second-order valence-electron chi connectivity index (χ2n) is 7.65. The molecule has 2 amide bonds. The summed E-state index contributed by atoms with van der Waals surface area (Å²) in [6.45, 7) is 4.61. The molecule has 8 nitrogen and oxygen atoms in total. The van der Waals surface area contributed by atoms with Crippen LogP contribution < -0.4 is 10.9 Å². The molecule has 3 aromatic rings. The summed E-state index contributed by atoms with van der Waals surface area (Å²) in [4.78, 5) is 49.7. The minimum atomic E-state index is -0.301. The number of likely N-dealkylation sites (tertiary alicyclic amines) is 1. The van der Waals surface area contributed by atoms with Gasteiger partial charge in [-0.25, -0.2) is 9.97 Å². The first kappa shape index (κ1) is 20.2. The molecular weight excluding hydrogens is 402 g/mol. The number of nitrogens with one attached hydrogen (secondary N) is 1. The number of pyridine rings is 1. The molecule has 9 heteroatoms. The van der Waals surface area contributed by atoms with Crippen LogP contribution in [0.1, 0.15) is 33.6 Å². The maximum Gasteiger partial charge on any atom is 0.264 e. The lowest BCUT2D eigenvalue weighted by molar-refractivity contribution is -0.121. The van der Waals surface area contributed by atoms with Gasteiger partial charge in [0.25, 0.3) is 11.5 Å². The number of piperidine rings is 1. The third kappa shape index (κ3) is 3.60. The highest BCUT2D eigenvalue weighted by Crippen LogP contribution is 2.29. The quantitative estimate of drug-likeness (QED) is 0.695. The van der Waals surface area contributed by atoms with Gasteiger partial charge in [0.15, 0.2) is 0 Å². The lowest BCUT2D eigenvalue weighted by atomic mass is 9.96. The van der Waals surface area contributed by atoms with E-state index in [0.29, 0.717) is 39.6 Å². The van der Waals surface area contributed by atoms with Gasteiger partial charge in [0, 0.05) is 26.3 Å². The van der Waals surface area contributed by atoms with E-state index in [1.54, 1.807) is 25.1 Å². The highest BCUT2D eigenvalue weighted by molar-refractivity contribution is 7.20. The molecule has 0 saturated carbocycles. The summed E-state index contributed by atoms with van der Waals surface area (Å²) in [5.41, 5.74) is 1.39. The van der Waals surface area contributed by atoms with E-state index in [2.05, 4.69) is 15.3 Å². The average Bonchev–Trinajstić information content (AvgIpc) is 3.09. The van der Waals surface area contributed by atoms with Crippen LogP contribution in [-0.4, -0.2) is 44.3 Å². The molecule has 3 aromatic heterocycles. The first-order chi connectivity index (χ1) is 14.4. The Morgan fingerprint density at radius 2 is 2.07 bits per heavy atom. The fourth-order valence-electron chi connectivity index (χ4n) is 3.77. The fourth-order valence-corrected chi connectivity index (χ4v) is 4.87. The molecule has 4 rings (SSSR count). The Labute approximate surface area is 177 Å². The third-order valence-corrected chi connectivity index (χ3v) is 6.72. The maximum absolute atomic E-state index is 13.2. The Balaban J connectivity index is 1.54. The predicted molar refractivity (Wildman–Crippen MR) is 116 cm³/mol. The number of anilines is 1. The van der Waals surface area contributed by atoms with Crippen molar-refractivity contribution in [2.45, 2.75) is 26.7 Å². The summed E-state index contributed by atoms with van der Waals surface area (Å²) in [6, 6.07) is 3.71. The molecule has 0 spiro atoms. The summed E-state index contributed by atoms with van der Waals surface area (Å²) in [7, 11) is 1.64. The molecule has 1 fully saturated rings. The van der Waals surface area contributed by atoms with E-state index < -0.39 is 0 Å². The number of aryl methyl sites for hydroxylation is 3. The van der Waals surface area contributed by atoms with Crippen LogP contribution in [0.5, 0.6) is 0 Å². The topological polar surface area (TPSA) is 97.2 Å². The Kier molecular flexibility index (Phi) is 5.38. The highest BCUT2D eigenvalue weighted by Gasteiger charge is 2.31. The SMILES string of the molecule is Cc1cccnc1NC(=O)C1CCCN(C(=O)c2sc3ncn(C)c(=O)c3c2C)C1. The second kappa shape index (κ2) is 7.98. The van der Waals surface area contributed by atoms with Crippen molar-refractivity contribution < 1.29 is 9.59 Å². The summed E-state index contributed by atoms with van der Waals surface area (Å²) < 4.78 is 1.41. The van der Waals surface area contributed by atoms with Gasteiger partial charge >= 0.3 is 0 Å². The summed E-state index contributed by atoms with van der Waals surface area (Å²) in [5.74, 6) is -0.0278. The Bertz CT molecular complexity index is 1200. The molecule has 1 saturated heterocycles.